The lowest BCUT2D eigenvalue weighted by atomic mass is 10.2. The number of nitrogens with zero attached hydrogens (tertiary/aromatic N) is 1. The van der Waals surface area contributed by atoms with Gasteiger partial charge < -0.3 is 10.1 Å². The standard InChI is InChI=1S/C14H12BrClN2O2/c1-17-14(19)13-6-12(16)9(7-18-13)8-20-11-4-2-3-10(15)5-11/h2-7H,8H2,1H3,(H,17,19). The molecule has 1 aromatic heterocycles. The first-order valence-electron chi connectivity index (χ1n) is 5.85. The maximum absolute atomic E-state index is 11.4. The molecule has 0 saturated heterocycles. The van der Waals surface area contributed by atoms with Crippen LogP contribution < -0.4 is 10.1 Å². The van der Waals surface area contributed by atoms with Crippen molar-refractivity contribution < 1.29 is 9.53 Å². The maximum Gasteiger partial charge on any atom is 0.269 e. The monoisotopic (exact) mass is 354 g/mol. The predicted molar refractivity (Wildman–Crippen MR) is 81.1 cm³/mol. The van der Waals surface area contributed by atoms with Crippen LogP contribution in [-0.4, -0.2) is 17.9 Å². The zero-order valence-corrected chi connectivity index (χ0v) is 13.0. The molecule has 0 aliphatic carbocycles. The van der Waals surface area contributed by atoms with E-state index in [2.05, 4.69) is 26.2 Å². The van der Waals surface area contributed by atoms with E-state index < -0.39 is 0 Å². The number of rotatable bonds is 4. The van der Waals surface area contributed by atoms with Gasteiger partial charge in [-0.05, 0) is 24.3 Å². The summed E-state index contributed by atoms with van der Waals surface area (Å²) in [5.41, 5.74) is 1.00. The molecule has 1 N–H and O–H groups in total. The van der Waals surface area contributed by atoms with E-state index in [1.54, 1.807) is 13.2 Å². The number of amides is 1. The highest BCUT2D eigenvalue weighted by Gasteiger charge is 2.09. The second-order valence-corrected chi connectivity index (χ2v) is 5.31. The van der Waals surface area contributed by atoms with Crippen LogP contribution in [0.3, 0.4) is 0 Å². The van der Waals surface area contributed by atoms with Gasteiger partial charge in [0.2, 0.25) is 0 Å². The van der Waals surface area contributed by atoms with E-state index in [0.717, 1.165) is 15.8 Å². The zero-order chi connectivity index (χ0) is 14.5. The fourth-order valence-electron chi connectivity index (χ4n) is 1.54. The van der Waals surface area contributed by atoms with Crippen LogP contribution in [0.1, 0.15) is 16.1 Å². The van der Waals surface area contributed by atoms with Crippen LogP contribution in [-0.2, 0) is 6.61 Å². The molecule has 20 heavy (non-hydrogen) atoms. The molecule has 0 spiro atoms. The average molecular weight is 356 g/mol. The molecular weight excluding hydrogens is 344 g/mol. The zero-order valence-electron chi connectivity index (χ0n) is 10.7. The number of hydrogen-bond donors (Lipinski definition) is 1. The van der Waals surface area contributed by atoms with E-state index in [4.69, 9.17) is 16.3 Å². The van der Waals surface area contributed by atoms with E-state index in [1.165, 1.54) is 6.07 Å². The van der Waals surface area contributed by atoms with Crippen LogP contribution in [0.5, 0.6) is 5.75 Å². The van der Waals surface area contributed by atoms with Gasteiger partial charge in [-0.1, -0.05) is 33.6 Å². The Kier molecular flexibility index (Phi) is 4.98. The van der Waals surface area contributed by atoms with Gasteiger partial charge in [0.25, 0.3) is 5.91 Å². The molecule has 4 nitrogen and oxygen atoms in total. The van der Waals surface area contributed by atoms with Crippen molar-refractivity contribution in [1.29, 1.82) is 0 Å². The topological polar surface area (TPSA) is 51.2 Å². The molecule has 0 radical (unpaired) electrons. The predicted octanol–water partition coefficient (Wildman–Crippen LogP) is 3.44. The van der Waals surface area contributed by atoms with Crippen molar-refractivity contribution in [2.45, 2.75) is 6.61 Å². The Morgan fingerprint density at radius 1 is 1.45 bits per heavy atom. The largest absolute Gasteiger partial charge is 0.489 e. The second-order valence-electron chi connectivity index (χ2n) is 3.99. The van der Waals surface area contributed by atoms with Gasteiger partial charge in [-0.3, -0.25) is 9.78 Å². The molecule has 1 aromatic carbocycles. The third-order valence-electron chi connectivity index (χ3n) is 2.58. The first-order valence-corrected chi connectivity index (χ1v) is 7.02. The molecule has 0 aliphatic heterocycles. The van der Waals surface area contributed by atoms with Crippen molar-refractivity contribution in [3.63, 3.8) is 0 Å². The number of carbonyl (C=O) groups is 1. The summed E-state index contributed by atoms with van der Waals surface area (Å²) in [5.74, 6) is 0.456. The van der Waals surface area contributed by atoms with Gasteiger partial charge in [-0.2, -0.15) is 0 Å². The molecule has 0 atom stereocenters. The Hall–Kier alpha value is -1.59. The summed E-state index contributed by atoms with van der Waals surface area (Å²) in [6.45, 7) is 0.288. The van der Waals surface area contributed by atoms with E-state index in [0.29, 0.717) is 5.02 Å². The van der Waals surface area contributed by atoms with Crippen molar-refractivity contribution in [3.8, 4) is 5.75 Å². The summed E-state index contributed by atoms with van der Waals surface area (Å²) in [5, 5.41) is 2.95. The SMILES string of the molecule is CNC(=O)c1cc(Cl)c(COc2cccc(Br)c2)cn1. The fraction of sp³-hybridized carbons (Fsp3) is 0.143. The van der Waals surface area contributed by atoms with Gasteiger partial charge in [0.05, 0.1) is 5.02 Å². The van der Waals surface area contributed by atoms with E-state index in [1.807, 2.05) is 24.3 Å². The highest BCUT2D eigenvalue weighted by Crippen LogP contribution is 2.21. The van der Waals surface area contributed by atoms with E-state index in [9.17, 15) is 4.79 Å². The maximum atomic E-state index is 11.4. The molecule has 0 saturated carbocycles. The lowest BCUT2D eigenvalue weighted by molar-refractivity contribution is 0.0958. The van der Waals surface area contributed by atoms with Crippen molar-refractivity contribution in [2.75, 3.05) is 7.05 Å². The van der Waals surface area contributed by atoms with Crippen molar-refractivity contribution in [1.82, 2.24) is 10.3 Å². The van der Waals surface area contributed by atoms with Crippen LogP contribution in [0.4, 0.5) is 0 Å². The quantitative estimate of drug-likeness (QED) is 0.914. The Labute approximate surface area is 130 Å². The normalized spacial score (nSPS) is 10.2. The number of hydrogen-bond acceptors (Lipinski definition) is 3. The molecule has 6 heteroatoms. The van der Waals surface area contributed by atoms with Crippen LogP contribution in [0, 0.1) is 0 Å². The molecule has 1 heterocycles. The van der Waals surface area contributed by atoms with Crippen molar-refractivity contribution in [2.24, 2.45) is 0 Å². The fourth-order valence-corrected chi connectivity index (χ4v) is 2.12. The molecule has 0 aliphatic rings. The summed E-state index contributed by atoms with van der Waals surface area (Å²) in [4.78, 5) is 15.5. The third-order valence-corrected chi connectivity index (χ3v) is 3.42. The highest BCUT2D eigenvalue weighted by atomic mass is 79.9. The lowest BCUT2D eigenvalue weighted by Gasteiger charge is -2.08. The number of aromatic nitrogens is 1. The summed E-state index contributed by atoms with van der Waals surface area (Å²) in [6.07, 6.45) is 1.55. The summed E-state index contributed by atoms with van der Waals surface area (Å²) >= 11 is 9.49. The summed E-state index contributed by atoms with van der Waals surface area (Å²) in [7, 11) is 1.54. The molecule has 0 unspecified atom stereocenters. The second kappa shape index (κ2) is 6.72. The van der Waals surface area contributed by atoms with E-state index >= 15 is 0 Å². The molecule has 2 rings (SSSR count). The minimum atomic E-state index is -0.272. The van der Waals surface area contributed by atoms with Gasteiger partial charge in [-0.25, -0.2) is 0 Å². The first-order chi connectivity index (χ1) is 9.60. The van der Waals surface area contributed by atoms with Gasteiger partial charge >= 0.3 is 0 Å². The minimum absolute atomic E-state index is 0.272. The molecule has 0 bridgehead atoms. The number of benzene rings is 1. The Morgan fingerprint density at radius 2 is 2.25 bits per heavy atom. The Balaban J connectivity index is 2.08. The van der Waals surface area contributed by atoms with Gasteiger partial charge in [-0.15, -0.1) is 0 Å². The molecule has 104 valence electrons. The molecule has 0 fully saturated rings. The molecule has 1 amide bonds. The molecule has 2 aromatic rings. The van der Waals surface area contributed by atoms with Crippen LogP contribution in [0.2, 0.25) is 5.02 Å². The van der Waals surface area contributed by atoms with Gasteiger partial charge in [0, 0.05) is 23.3 Å². The number of carbonyl (C=O) groups excluding carboxylic acids is 1. The number of ether oxygens (including phenoxy) is 1. The third kappa shape index (κ3) is 3.71. The smallest absolute Gasteiger partial charge is 0.269 e. The van der Waals surface area contributed by atoms with Crippen LogP contribution in [0.25, 0.3) is 0 Å². The van der Waals surface area contributed by atoms with Crippen LogP contribution >= 0.6 is 27.5 Å². The average Bonchev–Trinajstić information content (AvgIpc) is 2.45. The van der Waals surface area contributed by atoms with Crippen molar-refractivity contribution >= 4 is 33.4 Å². The first kappa shape index (κ1) is 14.8. The van der Waals surface area contributed by atoms with Gasteiger partial charge in [0.15, 0.2) is 0 Å². The Morgan fingerprint density at radius 3 is 2.90 bits per heavy atom. The van der Waals surface area contributed by atoms with Crippen LogP contribution in [0.15, 0.2) is 41.0 Å². The number of nitrogens with one attached hydrogen (secondary N) is 1. The Bertz CT molecular complexity index is 634. The lowest BCUT2D eigenvalue weighted by Crippen LogP contribution is -2.19. The van der Waals surface area contributed by atoms with E-state index in [-0.39, 0.29) is 18.2 Å². The summed E-state index contributed by atoms with van der Waals surface area (Å²) < 4.78 is 6.56. The van der Waals surface area contributed by atoms with Crippen molar-refractivity contribution in [3.05, 3.63) is 57.3 Å². The summed E-state index contributed by atoms with van der Waals surface area (Å²) in [6, 6.07) is 9.04. The highest BCUT2D eigenvalue weighted by molar-refractivity contribution is 9.10. The molecular formula is C14H12BrClN2O2. The van der Waals surface area contributed by atoms with Gasteiger partial charge in [0.1, 0.15) is 18.1 Å². The number of pyridine rings is 1. The minimum Gasteiger partial charge on any atom is -0.489 e. The number of halogens is 2.